The minimum Gasteiger partial charge on any atom is -0.354 e. The van der Waals surface area contributed by atoms with Gasteiger partial charge in [0, 0.05) is 24.6 Å². The second-order valence-electron chi connectivity index (χ2n) is 8.35. The zero-order valence-electron chi connectivity index (χ0n) is 18.5. The summed E-state index contributed by atoms with van der Waals surface area (Å²) in [5.41, 5.74) is 5.26. The average molecular weight is 428 g/mol. The van der Waals surface area contributed by atoms with E-state index in [9.17, 15) is 0 Å². The predicted molar refractivity (Wildman–Crippen MR) is 128 cm³/mol. The monoisotopic (exact) mass is 427 g/mol. The topological polar surface area (TPSA) is 71.2 Å². The van der Waals surface area contributed by atoms with Crippen LogP contribution in [0.3, 0.4) is 0 Å². The Hall–Kier alpha value is -3.32. The summed E-state index contributed by atoms with van der Waals surface area (Å²) in [5.74, 6) is 0.648. The fraction of sp³-hybridized carbons (Fsp3) is 0.360. The Balaban J connectivity index is 1.40. The summed E-state index contributed by atoms with van der Waals surface area (Å²) in [5, 5.41) is 3.41. The van der Waals surface area contributed by atoms with Crippen molar-refractivity contribution in [2.45, 2.75) is 32.6 Å². The second kappa shape index (κ2) is 9.44. The van der Waals surface area contributed by atoms with Crippen LogP contribution < -0.4 is 5.32 Å². The molecular formula is C25H29N7. The number of nitrogens with one attached hydrogen (secondary N) is 1. The zero-order chi connectivity index (χ0) is 21.8. The van der Waals surface area contributed by atoms with Crippen molar-refractivity contribution >= 4 is 11.6 Å². The third kappa shape index (κ3) is 4.48. The molecule has 0 radical (unpaired) electrons. The molecule has 7 heteroatoms. The predicted octanol–water partition coefficient (Wildman–Crippen LogP) is 4.45. The van der Waals surface area contributed by atoms with Crippen molar-refractivity contribution in [1.82, 2.24) is 29.2 Å². The van der Waals surface area contributed by atoms with Crippen LogP contribution in [-0.4, -0.2) is 55.4 Å². The Morgan fingerprint density at radius 2 is 1.81 bits per heavy atom. The van der Waals surface area contributed by atoms with Crippen molar-refractivity contribution < 1.29 is 0 Å². The summed E-state index contributed by atoms with van der Waals surface area (Å²) >= 11 is 0. The molecule has 0 atom stereocenters. The summed E-state index contributed by atoms with van der Waals surface area (Å²) in [6, 6.07) is 14.0. The van der Waals surface area contributed by atoms with Crippen molar-refractivity contribution in [3.05, 3.63) is 60.6 Å². The van der Waals surface area contributed by atoms with Gasteiger partial charge in [-0.1, -0.05) is 18.6 Å². The van der Waals surface area contributed by atoms with Crippen LogP contribution in [-0.2, 0) is 0 Å². The number of aromatic nitrogens is 5. The standard InChI is InChI=1S/C25H29N7/c1-19-9-7-10-20(28-19)23-24(32-18-6-3-11-22(32)30-23)21-12-14-27-25(29-21)26-13-8-17-31-15-4-2-5-16-31/h3,6-7,9-12,14,18H,2,4-5,8,13,15-17H2,1H3,(H,26,27,29). The number of likely N-dealkylation sites (tertiary alicyclic amines) is 1. The van der Waals surface area contributed by atoms with Crippen LogP contribution in [0.25, 0.3) is 28.4 Å². The van der Waals surface area contributed by atoms with Crippen LogP contribution in [0.4, 0.5) is 5.95 Å². The molecule has 0 unspecified atom stereocenters. The molecule has 4 aromatic heterocycles. The number of aryl methyl sites for hydroxylation is 1. The van der Waals surface area contributed by atoms with Gasteiger partial charge in [-0.05, 0) is 76.2 Å². The van der Waals surface area contributed by atoms with Crippen LogP contribution in [0.2, 0.25) is 0 Å². The molecule has 1 N–H and O–H groups in total. The van der Waals surface area contributed by atoms with Gasteiger partial charge >= 0.3 is 0 Å². The average Bonchev–Trinajstić information content (AvgIpc) is 3.23. The Morgan fingerprint density at radius 1 is 0.906 bits per heavy atom. The van der Waals surface area contributed by atoms with E-state index in [1.54, 1.807) is 0 Å². The minimum absolute atomic E-state index is 0.648. The molecule has 1 aliphatic heterocycles. The molecule has 5 heterocycles. The van der Waals surface area contributed by atoms with Gasteiger partial charge in [0.2, 0.25) is 5.95 Å². The van der Waals surface area contributed by atoms with E-state index in [0.717, 1.165) is 53.6 Å². The van der Waals surface area contributed by atoms with Crippen LogP contribution in [0.15, 0.2) is 54.9 Å². The van der Waals surface area contributed by atoms with E-state index in [2.05, 4.69) is 19.6 Å². The van der Waals surface area contributed by atoms with E-state index in [4.69, 9.17) is 15.0 Å². The summed E-state index contributed by atoms with van der Waals surface area (Å²) < 4.78 is 2.07. The number of rotatable bonds is 7. The molecule has 1 fully saturated rings. The molecule has 1 aliphatic rings. The van der Waals surface area contributed by atoms with E-state index in [1.165, 1.54) is 32.4 Å². The highest BCUT2D eigenvalue weighted by Gasteiger charge is 2.18. The number of hydrogen-bond donors (Lipinski definition) is 1. The number of piperidine rings is 1. The van der Waals surface area contributed by atoms with Gasteiger partial charge in [-0.15, -0.1) is 0 Å². The first-order chi connectivity index (χ1) is 15.8. The molecule has 32 heavy (non-hydrogen) atoms. The van der Waals surface area contributed by atoms with E-state index in [-0.39, 0.29) is 0 Å². The summed E-state index contributed by atoms with van der Waals surface area (Å²) in [6.07, 6.45) is 8.95. The Bertz CT molecular complexity index is 1190. The van der Waals surface area contributed by atoms with E-state index < -0.39 is 0 Å². The van der Waals surface area contributed by atoms with Gasteiger partial charge in [-0.3, -0.25) is 9.38 Å². The molecule has 0 saturated carbocycles. The molecule has 0 bridgehead atoms. The summed E-state index contributed by atoms with van der Waals surface area (Å²) in [6.45, 7) is 6.45. The van der Waals surface area contributed by atoms with Gasteiger partial charge < -0.3 is 10.2 Å². The van der Waals surface area contributed by atoms with Gasteiger partial charge in [0.05, 0.1) is 11.4 Å². The lowest BCUT2D eigenvalue weighted by atomic mass is 10.1. The molecular weight excluding hydrogens is 398 g/mol. The van der Waals surface area contributed by atoms with Crippen molar-refractivity contribution in [2.75, 3.05) is 31.5 Å². The number of anilines is 1. The highest BCUT2D eigenvalue weighted by Crippen LogP contribution is 2.31. The zero-order valence-corrected chi connectivity index (χ0v) is 18.5. The lowest BCUT2D eigenvalue weighted by Gasteiger charge is -2.26. The largest absolute Gasteiger partial charge is 0.354 e. The molecule has 0 amide bonds. The molecule has 1 saturated heterocycles. The van der Waals surface area contributed by atoms with Gasteiger partial charge in [-0.25, -0.2) is 15.0 Å². The van der Waals surface area contributed by atoms with Gasteiger partial charge in [0.15, 0.2) is 0 Å². The van der Waals surface area contributed by atoms with Crippen LogP contribution in [0.5, 0.6) is 0 Å². The van der Waals surface area contributed by atoms with Crippen molar-refractivity contribution in [3.8, 4) is 22.8 Å². The smallest absolute Gasteiger partial charge is 0.223 e. The quantitative estimate of drug-likeness (QED) is 0.440. The molecule has 5 rings (SSSR count). The SMILES string of the molecule is Cc1cccc(-c2nc3ccccn3c2-c2ccnc(NCCCN3CCCCC3)n2)n1. The number of hydrogen-bond acceptors (Lipinski definition) is 6. The Kier molecular flexibility index (Phi) is 6.07. The maximum Gasteiger partial charge on any atom is 0.223 e. The molecule has 164 valence electrons. The second-order valence-corrected chi connectivity index (χ2v) is 8.35. The lowest BCUT2D eigenvalue weighted by Crippen LogP contribution is -2.31. The number of imidazole rings is 1. The van der Waals surface area contributed by atoms with Crippen molar-refractivity contribution in [2.24, 2.45) is 0 Å². The van der Waals surface area contributed by atoms with Crippen LogP contribution >= 0.6 is 0 Å². The third-order valence-corrected chi connectivity index (χ3v) is 5.94. The first kappa shape index (κ1) is 20.6. The maximum atomic E-state index is 4.87. The highest BCUT2D eigenvalue weighted by molar-refractivity contribution is 5.79. The molecule has 0 spiro atoms. The number of fused-ring (bicyclic) bond motifs is 1. The number of nitrogens with zero attached hydrogens (tertiary/aromatic N) is 6. The molecule has 4 aromatic rings. The highest BCUT2D eigenvalue weighted by atomic mass is 15.1. The summed E-state index contributed by atoms with van der Waals surface area (Å²) in [4.78, 5) is 21.4. The molecule has 7 nitrogen and oxygen atoms in total. The van der Waals surface area contributed by atoms with Crippen LogP contribution in [0, 0.1) is 6.92 Å². The van der Waals surface area contributed by atoms with E-state index >= 15 is 0 Å². The first-order valence-electron chi connectivity index (χ1n) is 11.5. The van der Waals surface area contributed by atoms with Gasteiger partial charge in [0.1, 0.15) is 17.0 Å². The van der Waals surface area contributed by atoms with E-state index in [0.29, 0.717) is 5.95 Å². The van der Waals surface area contributed by atoms with Crippen molar-refractivity contribution in [3.63, 3.8) is 0 Å². The molecule has 0 aromatic carbocycles. The minimum atomic E-state index is 0.648. The normalized spacial score (nSPS) is 14.7. The Morgan fingerprint density at radius 3 is 2.69 bits per heavy atom. The van der Waals surface area contributed by atoms with Crippen molar-refractivity contribution in [1.29, 1.82) is 0 Å². The fourth-order valence-electron chi connectivity index (χ4n) is 4.36. The lowest BCUT2D eigenvalue weighted by molar-refractivity contribution is 0.228. The number of pyridine rings is 2. The van der Waals surface area contributed by atoms with Gasteiger partial charge in [-0.2, -0.15) is 0 Å². The fourth-order valence-corrected chi connectivity index (χ4v) is 4.36. The summed E-state index contributed by atoms with van der Waals surface area (Å²) in [7, 11) is 0. The molecule has 0 aliphatic carbocycles. The van der Waals surface area contributed by atoms with E-state index in [1.807, 2.05) is 61.8 Å². The third-order valence-electron chi connectivity index (χ3n) is 5.94. The first-order valence-corrected chi connectivity index (χ1v) is 11.5. The van der Waals surface area contributed by atoms with Gasteiger partial charge in [0.25, 0.3) is 0 Å². The Labute approximate surface area is 188 Å². The maximum absolute atomic E-state index is 4.87. The van der Waals surface area contributed by atoms with Crippen LogP contribution in [0.1, 0.15) is 31.4 Å².